The van der Waals surface area contributed by atoms with Gasteiger partial charge in [-0.3, -0.25) is 0 Å². The molecule has 1 rings (SSSR count). The van der Waals surface area contributed by atoms with Crippen LogP contribution >= 0.6 is 22.6 Å². The summed E-state index contributed by atoms with van der Waals surface area (Å²) in [6, 6.07) is 6.96. The molecule has 0 heterocycles. The molecule has 0 unspecified atom stereocenters. The third-order valence-corrected chi connectivity index (χ3v) is 2.73. The molecule has 0 saturated heterocycles. The van der Waals surface area contributed by atoms with E-state index in [0.29, 0.717) is 5.75 Å². The van der Waals surface area contributed by atoms with Crippen molar-refractivity contribution in [1.29, 1.82) is 0 Å². The van der Waals surface area contributed by atoms with Crippen molar-refractivity contribution in [3.05, 3.63) is 27.3 Å². The maximum Gasteiger partial charge on any atom is 0.118 e. The Bertz CT molecular complexity index is 250. The Morgan fingerprint density at radius 3 is 2.82 bits per heavy atom. The van der Waals surface area contributed by atoms with Crippen molar-refractivity contribution in [2.24, 2.45) is 0 Å². The van der Waals surface area contributed by atoms with Gasteiger partial charge in [-0.1, -0.05) is 6.04 Å². The van der Waals surface area contributed by atoms with Crippen molar-refractivity contribution in [1.82, 2.24) is 0 Å². The average molecular weight is 278 g/mol. The van der Waals surface area contributed by atoms with E-state index in [1.165, 1.54) is 19.9 Å². The third kappa shape index (κ3) is 2.48. The third-order valence-electron chi connectivity index (χ3n) is 1.56. The minimum atomic E-state index is 0.446. The van der Waals surface area contributed by atoms with E-state index in [-0.39, 0.29) is 0 Å². The second-order valence-electron chi connectivity index (χ2n) is 2.52. The maximum atomic E-state index is 9.38. The van der Waals surface area contributed by atoms with Gasteiger partial charge in [-0.25, -0.2) is 0 Å². The lowest BCUT2D eigenvalue weighted by molar-refractivity contribution is 0.468. The predicted molar refractivity (Wildman–Crippen MR) is 59.3 cm³/mol. The number of hydrogen-bond donors (Lipinski definition) is 1. The molecule has 0 fully saturated rings. The molecule has 0 bridgehead atoms. The summed E-state index contributed by atoms with van der Waals surface area (Å²) in [5.41, 5.74) is 1.09. The molecule has 0 aliphatic heterocycles. The number of aryl methyl sites for hydroxylation is 1. The second-order valence-corrected chi connectivity index (χ2v) is 4.77. The molecule has 0 spiro atoms. The highest BCUT2D eigenvalue weighted by atomic mass is 127. The van der Waals surface area contributed by atoms with E-state index in [9.17, 15) is 5.11 Å². The Morgan fingerprint density at radius 1 is 1.45 bits per heavy atom. The smallest absolute Gasteiger partial charge is 0.118 e. The normalized spacial score (nSPS) is 10.3. The molecule has 0 radical (unpaired) electrons. The van der Waals surface area contributed by atoms with Crippen molar-refractivity contribution in [3.63, 3.8) is 0 Å². The van der Waals surface area contributed by atoms with Crippen LogP contribution in [0.3, 0.4) is 0 Å². The Morgan fingerprint density at radius 2 is 2.18 bits per heavy atom. The monoisotopic (exact) mass is 278 g/mol. The Labute approximate surface area is 83.4 Å². The van der Waals surface area contributed by atoms with Crippen LogP contribution in [0.25, 0.3) is 0 Å². The highest BCUT2D eigenvalue weighted by molar-refractivity contribution is 14.1. The summed E-state index contributed by atoms with van der Waals surface area (Å²) >= 11 is 2.26. The lowest BCUT2D eigenvalue weighted by atomic mass is 10.1. The minimum Gasteiger partial charge on any atom is -0.508 e. The Hall–Kier alpha value is -0.0331. The van der Waals surface area contributed by atoms with E-state index < -0.39 is 0 Å². The Kier molecular flexibility index (Phi) is 3.38. The molecule has 1 nitrogen and oxygen atoms in total. The zero-order chi connectivity index (χ0) is 8.27. The molecular formula is C8H11IOSi. The van der Waals surface area contributed by atoms with Crippen molar-refractivity contribution >= 4 is 32.8 Å². The fraction of sp³-hybridized carbons (Fsp3) is 0.250. The molecule has 1 aromatic rings. The van der Waals surface area contributed by atoms with E-state index in [0.717, 1.165) is 12.0 Å². The van der Waals surface area contributed by atoms with Crippen LogP contribution in [0.2, 0.25) is 6.04 Å². The van der Waals surface area contributed by atoms with Gasteiger partial charge in [-0.15, -0.1) is 0 Å². The highest BCUT2D eigenvalue weighted by Gasteiger charge is 1.98. The number of halogens is 1. The van der Waals surface area contributed by atoms with Crippen LogP contribution in [0.15, 0.2) is 18.2 Å². The van der Waals surface area contributed by atoms with Crippen LogP contribution in [-0.2, 0) is 6.42 Å². The SMILES string of the molecule is Oc1ccc(I)cc1CC[SiH3]. The number of phenolic OH excluding ortho intramolecular Hbond substituents is 1. The first kappa shape index (κ1) is 9.06. The summed E-state index contributed by atoms with van der Waals surface area (Å²) in [6.07, 6.45) is 1.02. The second kappa shape index (κ2) is 4.11. The topological polar surface area (TPSA) is 20.2 Å². The number of phenols is 1. The van der Waals surface area contributed by atoms with Gasteiger partial charge in [-0.2, -0.15) is 0 Å². The first-order valence-corrected chi connectivity index (χ1v) is 6.20. The largest absolute Gasteiger partial charge is 0.508 e. The molecule has 0 amide bonds. The van der Waals surface area contributed by atoms with Crippen LogP contribution < -0.4 is 0 Å². The van der Waals surface area contributed by atoms with Gasteiger partial charge in [0.2, 0.25) is 0 Å². The molecule has 0 atom stereocenters. The van der Waals surface area contributed by atoms with E-state index >= 15 is 0 Å². The molecule has 0 aliphatic rings. The summed E-state index contributed by atoms with van der Waals surface area (Å²) < 4.78 is 1.20. The van der Waals surface area contributed by atoms with Crippen LogP contribution in [-0.4, -0.2) is 15.3 Å². The van der Waals surface area contributed by atoms with Crippen LogP contribution in [0.5, 0.6) is 5.75 Å². The molecule has 3 heteroatoms. The van der Waals surface area contributed by atoms with Crippen LogP contribution in [0.4, 0.5) is 0 Å². The first-order valence-electron chi connectivity index (χ1n) is 3.71. The molecule has 11 heavy (non-hydrogen) atoms. The number of benzene rings is 1. The number of hydrogen-bond acceptors (Lipinski definition) is 1. The molecule has 0 aromatic heterocycles. The summed E-state index contributed by atoms with van der Waals surface area (Å²) in [4.78, 5) is 0. The van der Waals surface area contributed by atoms with Crippen molar-refractivity contribution in [2.75, 3.05) is 0 Å². The fourth-order valence-electron chi connectivity index (χ4n) is 1.02. The van der Waals surface area contributed by atoms with E-state index in [1.807, 2.05) is 12.1 Å². The summed E-state index contributed by atoms with van der Waals surface area (Å²) in [5, 5.41) is 9.38. The quantitative estimate of drug-likeness (QED) is 0.639. The Balaban J connectivity index is 2.93. The van der Waals surface area contributed by atoms with Gasteiger partial charge in [-0.05, 0) is 52.8 Å². The summed E-state index contributed by atoms with van der Waals surface area (Å²) in [6.45, 7) is 0. The average Bonchev–Trinajstić information content (AvgIpc) is 1.98. The van der Waals surface area contributed by atoms with Crippen molar-refractivity contribution in [2.45, 2.75) is 12.5 Å². The zero-order valence-electron chi connectivity index (χ0n) is 6.47. The summed E-state index contributed by atoms with van der Waals surface area (Å²) in [5.74, 6) is 0.446. The number of rotatable bonds is 2. The minimum absolute atomic E-state index is 0.446. The molecule has 1 N–H and O–H groups in total. The van der Waals surface area contributed by atoms with Gasteiger partial charge >= 0.3 is 0 Å². The predicted octanol–water partition coefficient (Wildman–Crippen LogP) is 1.32. The molecular weight excluding hydrogens is 267 g/mol. The van der Waals surface area contributed by atoms with Crippen molar-refractivity contribution < 1.29 is 5.11 Å². The maximum absolute atomic E-state index is 9.38. The lowest BCUT2D eigenvalue weighted by Crippen LogP contribution is -1.85. The van der Waals surface area contributed by atoms with E-state index in [1.54, 1.807) is 6.07 Å². The van der Waals surface area contributed by atoms with Crippen molar-refractivity contribution in [3.8, 4) is 5.75 Å². The van der Waals surface area contributed by atoms with Crippen LogP contribution in [0.1, 0.15) is 5.56 Å². The van der Waals surface area contributed by atoms with Gasteiger partial charge in [0.05, 0.1) is 0 Å². The van der Waals surface area contributed by atoms with Crippen LogP contribution in [0, 0.1) is 3.57 Å². The molecule has 0 aliphatic carbocycles. The highest BCUT2D eigenvalue weighted by Crippen LogP contribution is 2.20. The molecule has 60 valence electrons. The number of aromatic hydroxyl groups is 1. The molecule has 0 saturated carbocycles. The van der Waals surface area contributed by atoms with Gasteiger partial charge < -0.3 is 5.11 Å². The fourth-order valence-corrected chi connectivity index (χ4v) is 2.12. The zero-order valence-corrected chi connectivity index (χ0v) is 10.6. The van der Waals surface area contributed by atoms with Gasteiger partial charge in [0.1, 0.15) is 5.75 Å². The van der Waals surface area contributed by atoms with E-state index in [2.05, 4.69) is 22.6 Å². The summed E-state index contributed by atoms with van der Waals surface area (Å²) in [7, 11) is 1.21. The van der Waals surface area contributed by atoms with Gasteiger partial charge in [0.15, 0.2) is 0 Å². The standard InChI is InChI=1S/C8H11IOSi/c9-7-1-2-8(10)6(5-7)3-4-11/h1-2,5,10H,3-4H2,11H3. The first-order chi connectivity index (χ1) is 5.24. The van der Waals surface area contributed by atoms with Gasteiger partial charge in [0.25, 0.3) is 0 Å². The van der Waals surface area contributed by atoms with E-state index in [4.69, 9.17) is 0 Å². The lowest BCUT2D eigenvalue weighted by Gasteiger charge is -2.02. The van der Waals surface area contributed by atoms with Gasteiger partial charge in [0, 0.05) is 13.8 Å². The molecule has 1 aromatic carbocycles.